The second-order valence-electron chi connectivity index (χ2n) is 5.69. The molecule has 0 heterocycles. The quantitative estimate of drug-likeness (QED) is 0.727. The fraction of sp³-hybridized carbons (Fsp3) is 0.600. The molecule has 0 amide bonds. The summed E-state index contributed by atoms with van der Waals surface area (Å²) in [5.74, 6) is 1.22. The van der Waals surface area contributed by atoms with Gasteiger partial charge >= 0.3 is 0 Å². The van der Waals surface area contributed by atoms with Crippen LogP contribution < -0.4 is 0 Å². The first-order valence-electron chi connectivity index (χ1n) is 5.96. The van der Waals surface area contributed by atoms with Crippen molar-refractivity contribution in [2.75, 3.05) is 12.0 Å². The van der Waals surface area contributed by atoms with Crippen LogP contribution in [0.5, 0.6) is 0 Å². The molecule has 0 bridgehead atoms. The van der Waals surface area contributed by atoms with Crippen molar-refractivity contribution < 1.29 is 0 Å². The topological polar surface area (TPSA) is 0 Å². The third-order valence-electron chi connectivity index (χ3n) is 3.87. The molecule has 0 radical (unpaired) electrons. The van der Waals surface area contributed by atoms with Crippen LogP contribution in [-0.4, -0.2) is 12.0 Å². The van der Waals surface area contributed by atoms with E-state index in [0.29, 0.717) is 5.41 Å². The van der Waals surface area contributed by atoms with E-state index in [-0.39, 0.29) is 5.41 Å². The largest absolute Gasteiger partial charge is 0.165 e. The number of benzene rings is 1. The third kappa shape index (κ3) is 2.82. The average Bonchev–Trinajstić information content (AvgIpc) is 2.25. The predicted octanol–water partition coefficient (Wildman–Crippen LogP) is 4.74. The lowest BCUT2D eigenvalue weighted by Crippen LogP contribution is -2.37. The zero-order valence-corrected chi connectivity index (χ0v) is 12.0. The summed E-state index contributed by atoms with van der Waals surface area (Å²) < 4.78 is 0. The van der Waals surface area contributed by atoms with Gasteiger partial charge in [0.2, 0.25) is 0 Å². The van der Waals surface area contributed by atoms with Gasteiger partial charge in [0.25, 0.3) is 0 Å². The zero-order valence-electron chi connectivity index (χ0n) is 11.2. The summed E-state index contributed by atoms with van der Waals surface area (Å²) in [4.78, 5) is 0. The summed E-state index contributed by atoms with van der Waals surface area (Å²) in [5.41, 5.74) is 2.03. The molecule has 1 atom stereocenters. The van der Waals surface area contributed by atoms with Crippen molar-refractivity contribution in [3.63, 3.8) is 0 Å². The van der Waals surface area contributed by atoms with Gasteiger partial charge in [0, 0.05) is 0 Å². The van der Waals surface area contributed by atoms with Crippen molar-refractivity contribution in [3.05, 3.63) is 35.9 Å². The predicted molar refractivity (Wildman–Crippen MR) is 76.2 cm³/mol. The summed E-state index contributed by atoms with van der Waals surface area (Å²) in [5, 5.41) is 0. The van der Waals surface area contributed by atoms with Crippen LogP contribution in [0.4, 0.5) is 0 Å². The van der Waals surface area contributed by atoms with Crippen LogP contribution in [0.2, 0.25) is 0 Å². The van der Waals surface area contributed by atoms with Crippen molar-refractivity contribution in [2.45, 2.75) is 39.5 Å². The van der Waals surface area contributed by atoms with Gasteiger partial charge < -0.3 is 0 Å². The summed E-state index contributed by atoms with van der Waals surface area (Å²) >= 11 is 1.94. The monoisotopic (exact) mass is 236 g/mol. The summed E-state index contributed by atoms with van der Waals surface area (Å²) in [6.45, 7) is 9.44. The van der Waals surface area contributed by atoms with E-state index in [9.17, 15) is 0 Å². The van der Waals surface area contributed by atoms with E-state index in [4.69, 9.17) is 0 Å². The van der Waals surface area contributed by atoms with Gasteiger partial charge in [-0.05, 0) is 34.8 Å². The Bertz CT molecular complexity index is 310. The number of hydrogen-bond acceptors (Lipinski definition) is 1. The van der Waals surface area contributed by atoms with Gasteiger partial charge in [0.15, 0.2) is 0 Å². The average molecular weight is 236 g/mol. The van der Waals surface area contributed by atoms with Crippen molar-refractivity contribution in [2.24, 2.45) is 5.41 Å². The third-order valence-corrected chi connectivity index (χ3v) is 4.48. The lowest BCUT2D eigenvalue weighted by Gasteiger charge is -2.43. The van der Waals surface area contributed by atoms with E-state index in [1.165, 1.54) is 17.7 Å². The molecule has 1 aromatic carbocycles. The molecule has 0 fully saturated rings. The van der Waals surface area contributed by atoms with Crippen molar-refractivity contribution in [1.29, 1.82) is 0 Å². The first kappa shape index (κ1) is 13.6. The molecular formula is C15H24S. The number of hydrogen-bond donors (Lipinski definition) is 0. The van der Waals surface area contributed by atoms with Crippen molar-refractivity contribution >= 4 is 11.8 Å². The minimum absolute atomic E-state index is 0.261. The van der Waals surface area contributed by atoms with Gasteiger partial charge in [-0.25, -0.2) is 0 Å². The molecule has 90 valence electrons. The standard InChI is InChI=1S/C15H24S/c1-14(2,3)15(4,11-12-16-5)13-9-7-6-8-10-13/h6-10H,11-12H2,1-5H3/t15-/m1/s1. The van der Waals surface area contributed by atoms with Crippen LogP contribution >= 0.6 is 11.8 Å². The number of thioether (sulfide) groups is 1. The molecule has 0 spiro atoms. The van der Waals surface area contributed by atoms with Crippen LogP contribution in [0.25, 0.3) is 0 Å². The summed E-state index contributed by atoms with van der Waals surface area (Å²) in [7, 11) is 0. The zero-order chi connectivity index (χ0) is 12.2. The van der Waals surface area contributed by atoms with Gasteiger partial charge in [-0.1, -0.05) is 58.0 Å². The molecule has 0 nitrogen and oxygen atoms in total. The molecular weight excluding hydrogens is 212 g/mol. The molecule has 16 heavy (non-hydrogen) atoms. The highest BCUT2D eigenvalue weighted by Crippen LogP contribution is 2.44. The molecule has 1 heteroatoms. The Kier molecular flexibility index (Phi) is 4.49. The first-order chi connectivity index (χ1) is 7.42. The Labute approximate surface area is 105 Å². The normalized spacial score (nSPS) is 15.8. The molecule has 0 aromatic heterocycles. The summed E-state index contributed by atoms with van der Waals surface area (Å²) in [6, 6.07) is 10.9. The Balaban J connectivity index is 3.05. The molecule has 0 saturated heterocycles. The first-order valence-corrected chi connectivity index (χ1v) is 7.36. The van der Waals surface area contributed by atoms with Crippen LogP contribution in [0.3, 0.4) is 0 Å². The van der Waals surface area contributed by atoms with Gasteiger partial charge in [0.1, 0.15) is 0 Å². The smallest absolute Gasteiger partial charge is 0.00190 e. The van der Waals surface area contributed by atoms with E-state index in [1.807, 2.05) is 11.8 Å². The Morgan fingerprint density at radius 1 is 1.00 bits per heavy atom. The SMILES string of the molecule is CSCC[C@](C)(c1ccccc1)C(C)(C)C. The highest BCUT2D eigenvalue weighted by Gasteiger charge is 2.38. The molecule has 0 saturated carbocycles. The minimum Gasteiger partial charge on any atom is -0.165 e. The minimum atomic E-state index is 0.261. The molecule has 0 aliphatic carbocycles. The van der Waals surface area contributed by atoms with E-state index in [1.54, 1.807) is 0 Å². The van der Waals surface area contributed by atoms with Crippen LogP contribution in [0, 0.1) is 5.41 Å². The summed E-state index contributed by atoms with van der Waals surface area (Å²) in [6.07, 6.45) is 3.43. The van der Waals surface area contributed by atoms with Gasteiger partial charge in [-0.15, -0.1) is 0 Å². The van der Waals surface area contributed by atoms with E-state index in [0.717, 1.165) is 0 Å². The van der Waals surface area contributed by atoms with Gasteiger partial charge in [-0.2, -0.15) is 11.8 Å². The maximum atomic E-state index is 2.40. The van der Waals surface area contributed by atoms with Gasteiger partial charge in [-0.3, -0.25) is 0 Å². The fourth-order valence-electron chi connectivity index (χ4n) is 2.06. The van der Waals surface area contributed by atoms with Crippen molar-refractivity contribution in [1.82, 2.24) is 0 Å². The number of rotatable bonds is 4. The van der Waals surface area contributed by atoms with E-state index >= 15 is 0 Å². The van der Waals surface area contributed by atoms with E-state index in [2.05, 4.69) is 64.3 Å². The Morgan fingerprint density at radius 3 is 2.00 bits per heavy atom. The van der Waals surface area contributed by atoms with Crippen LogP contribution in [-0.2, 0) is 5.41 Å². The van der Waals surface area contributed by atoms with Crippen LogP contribution in [0.1, 0.15) is 39.7 Å². The maximum absolute atomic E-state index is 2.40. The lowest BCUT2D eigenvalue weighted by atomic mass is 9.62. The maximum Gasteiger partial charge on any atom is -0.00190 e. The van der Waals surface area contributed by atoms with Crippen LogP contribution in [0.15, 0.2) is 30.3 Å². The van der Waals surface area contributed by atoms with E-state index < -0.39 is 0 Å². The molecule has 0 N–H and O–H groups in total. The molecule has 1 rings (SSSR count). The highest BCUT2D eigenvalue weighted by atomic mass is 32.2. The fourth-order valence-corrected chi connectivity index (χ4v) is 2.68. The Hall–Kier alpha value is -0.430. The molecule has 0 aliphatic rings. The highest BCUT2D eigenvalue weighted by molar-refractivity contribution is 7.98. The molecule has 1 aromatic rings. The lowest BCUT2D eigenvalue weighted by molar-refractivity contribution is 0.197. The van der Waals surface area contributed by atoms with Crippen molar-refractivity contribution in [3.8, 4) is 0 Å². The van der Waals surface area contributed by atoms with Gasteiger partial charge in [0.05, 0.1) is 0 Å². The molecule has 0 unspecified atom stereocenters. The Morgan fingerprint density at radius 2 is 1.56 bits per heavy atom. The second kappa shape index (κ2) is 5.27. The second-order valence-corrected chi connectivity index (χ2v) is 6.68. The molecule has 0 aliphatic heterocycles.